The molecular formula is C17H15N3O5. The average Bonchev–Trinajstić information content (AvgIpc) is 3.02. The van der Waals surface area contributed by atoms with Crippen LogP contribution >= 0.6 is 0 Å². The molecule has 0 aromatic heterocycles. The number of amides is 3. The Hall–Kier alpha value is -3.34. The zero-order chi connectivity index (χ0) is 18.3. The molecule has 0 saturated carbocycles. The number of carbonyl (C=O) groups excluding carboxylic acids is 3. The van der Waals surface area contributed by atoms with Gasteiger partial charge in [0.05, 0.1) is 13.2 Å². The molecule has 0 radical (unpaired) electrons. The molecule has 1 saturated heterocycles. The van der Waals surface area contributed by atoms with E-state index in [1.54, 1.807) is 24.3 Å². The Balaban J connectivity index is 2.08. The van der Waals surface area contributed by atoms with E-state index in [1.807, 2.05) is 6.07 Å². The largest absolute Gasteiger partial charge is 0.508 e. The van der Waals surface area contributed by atoms with E-state index >= 15 is 0 Å². The van der Waals surface area contributed by atoms with E-state index in [-0.39, 0.29) is 5.70 Å². The van der Waals surface area contributed by atoms with E-state index in [1.165, 1.54) is 14.0 Å². The normalized spacial score (nSPS) is 25.0. The molecule has 0 aliphatic carbocycles. The molecule has 8 heteroatoms. The highest BCUT2D eigenvalue weighted by Crippen LogP contribution is 2.45. The Morgan fingerprint density at radius 1 is 1.32 bits per heavy atom. The molecule has 3 unspecified atom stereocenters. The number of nitrogens with one attached hydrogen (secondary N) is 1. The first-order valence-corrected chi connectivity index (χ1v) is 7.52. The third kappa shape index (κ3) is 2.41. The van der Waals surface area contributed by atoms with E-state index in [0.29, 0.717) is 11.3 Å². The van der Waals surface area contributed by atoms with Gasteiger partial charge in [0, 0.05) is 12.8 Å². The first-order chi connectivity index (χ1) is 11.9. The van der Waals surface area contributed by atoms with E-state index < -0.39 is 41.4 Å². The number of methoxy groups -OCH3 is 1. The molecule has 128 valence electrons. The summed E-state index contributed by atoms with van der Waals surface area (Å²) in [6, 6.07) is 7.60. The summed E-state index contributed by atoms with van der Waals surface area (Å²) in [5, 5.41) is 22.1. The lowest BCUT2D eigenvalue weighted by Crippen LogP contribution is -2.37. The van der Waals surface area contributed by atoms with Crippen molar-refractivity contribution in [1.82, 2.24) is 10.2 Å². The number of nitrogens with zero attached hydrogens (tertiary/aromatic N) is 2. The third-order valence-corrected chi connectivity index (χ3v) is 4.39. The maximum atomic E-state index is 12.5. The van der Waals surface area contributed by atoms with Gasteiger partial charge in [0.25, 0.3) is 5.91 Å². The van der Waals surface area contributed by atoms with Crippen LogP contribution in [0.3, 0.4) is 0 Å². The van der Waals surface area contributed by atoms with Gasteiger partial charge in [-0.15, -0.1) is 0 Å². The fraction of sp³-hybridized carbons (Fsp3) is 0.294. The van der Waals surface area contributed by atoms with Crippen molar-refractivity contribution in [1.29, 1.82) is 5.26 Å². The summed E-state index contributed by atoms with van der Waals surface area (Å²) in [6.07, 6.45) is 0. The molecule has 1 aromatic rings. The number of rotatable bonds is 3. The molecule has 0 bridgehead atoms. The summed E-state index contributed by atoms with van der Waals surface area (Å²) in [5.41, 5.74) is 0.289. The van der Waals surface area contributed by atoms with Gasteiger partial charge in [-0.3, -0.25) is 19.3 Å². The maximum Gasteiger partial charge on any atom is 0.281 e. The van der Waals surface area contributed by atoms with Gasteiger partial charge in [0.2, 0.25) is 11.8 Å². The summed E-state index contributed by atoms with van der Waals surface area (Å²) < 4.78 is 5.09. The molecule has 2 N–H and O–H groups in total. The first kappa shape index (κ1) is 16.5. The monoisotopic (exact) mass is 341 g/mol. The van der Waals surface area contributed by atoms with Gasteiger partial charge in [-0.05, 0) is 17.7 Å². The summed E-state index contributed by atoms with van der Waals surface area (Å²) in [7, 11) is 1.51. The molecule has 8 nitrogen and oxygen atoms in total. The van der Waals surface area contributed by atoms with Crippen LogP contribution in [-0.2, 0) is 14.4 Å². The number of hydrogen-bond donors (Lipinski definition) is 2. The van der Waals surface area contributed by atoms with Gasteiger partial charge in [-0.1, -0.05) is 12.1 Å². The average molecular weight is 341 g/mol. The van der Waals surface area contributed by atoms with Gasteiger partial charge in [-0.2, -0.15) is 5.26 Å². The standard InChI is InChI=1S/C17H15N3O5/c1-8(21)19-13-15(22)14-12(9-3-5-10(25-2)6-4-9)11(7-18)16(23)20(14)17(13)24/h3-6,11-12,14,22H,1-2H3,(H,19,21). The number of hydrogen-bond acceptors (Lipinski definition) is 6. The molecule has 2 aliphatic rings. The summed E-state index contributed by atoms with van der Waals surface area (Å²) in [6.45, 7) is 1.19. The Kier molecular flexibility index (Phi) is 3.93. The van der Waals surface area contributed by atoms with Crippen LogP contribution in [0.25, 0.3) is 0 Å². The second-order valence-electron chi connectivity index (χ2n) is 5.81. The molecule has 2 heterocycles. The Bertz CT molecular complexity index is 837. The lowest BCUT2D eigenvalue weighted by Gasteiger charge is -2.20. The third-order valence-electron chi connectivity index (χ3n) is 4.39. The molecule has 3 amide bonds. The Morgan fingerprint density at radius 3 is 2.48 bits per heavy atom. The smallest absolute Gasteiger partial charge is 0.281 e. The minimum Gasteiger partial charge on any atom is -0.508 e. The summed E-state index contributed by atoms with van der Waals surface area (Å²) in [4.78, 5) is 37.1. The number of ether oxygens (including phenoxy) is 1. The van der Waals surface area contributed by atoms with Crippen LogP contribution in [-0.4, -0.2) is 40.9 Å². The summed E-state index contributed by atoms with van der Waals surface area (Å²) >= 11 is 0. The van der Waals surface area contributed by atoms with Crippen LogP contribution in [0.1, 0.15) is 18.4 Å². The highest BCUT2D eigenvalue weighted by Gasteiger charge is 2.58. The number of imide groups is 1. The predicted molar refractivity (Wildman–Crippen MR) is 84.0 cm³/mol. The lowest BCUT2D eigenvalue weighted by atomic mass is 9.84. The van der Waals surface area contributed by atoms with Crippen molar-refractivity contribution in [3.8, 4) is 11.8 Å². The second kappa shape index (κ2) is 5.94. The van der Waals surface area contributed by atoms with Crippen LogP contribution < -0.4 is 10.1 Å². The number of aliphatic hydroxyl groups excluding tert-OH is 1. The Morgan fingerprint density at radius 2 is 1.96 bits per heavy atom. The van der Waals surface area contributed by atoms with Crippen LogP contribution in [0.4, 0.5) is 0 Å². The minimum atomic E-state index is -1.11. The topological polar surface area (TPSA) is 120 Å². The van der Waals surface area contributed by atoms with Gasteiger partial charge >= 0.3 is 0 Å². The van der Waals surface area contributed by atoms with Crippen LogP contribution in [0.5, 0.6) is 5.75 Å². The van der Waals surface area contributed by atoms with Gasteiger partial charge in [0.1, 0.15) is 29.2 Å². The molecular weight excluding hydrogens is 326 g/mol. The van der Waals surface area contributed by atoms with Crippen LogP contribution in [0.15, 0.2) is 35.7 Å². The van der Waals surface area contributed by atoms with Crippen molar-refractivity contribution in [2.45, 2.75) is 18.9 Å². The fourth-order valence-electron chi connectivity index (χ4n) is 3.31. The van der Waals surface area contributed by atoms with E-state index in [4.69, 9.17) is 4.74 Å². The highest BCUT2D eigenvalue weighted by atomic mass is 16.5. The Labute approximate surface area is 143 Å². The van der Waals surface area contributed by atoms with E-state index in [2.05, 4.69) is 5.32 Å². The SMILES string of the molecule is COc1ccc(C2C(C#N)C(=O)N3C(=O)C(NC(C)=O)=C(O)C23)cc1. The molecule has 3 atom stereocenters. The summed E-state index contributed by atoms with van der Waals surface area (Å²) in [5.74, 6) is -3.70. The maximum absolute atomic E-state index is 12.5. The molecule has 1 aromatic carbocycles. The fourth-order valence-corrected chi connectivity index (χ4v) is 3.31. The number of carbonyl (C=O) groups is 3. The number of aliphatic hydroxyl groups is 1. The van der Waals surface area contributed by atoms with Gasteiger partial charge in [-0.25, -0.2) is 0 Å². The minimum absolute atomic E-state index is 0.319. The van der Waals surface area contributed by atoms with Gasteiger partial charge < -0.3 is 15.2 Å². The number of benzene rings is 1. The van der Waals surface area contributed by atoms with Crippen molar-refractivity contribution in [2.75, 3.05) is 7.11 Å². The van der Waals surface area contributed by atoms with Crippen molar-refractivity contribution in [3.05, 3.63) is 41.3 Å². The quantitative estimate of drug-likeness (QED) is 0.776. The van der Waals surface area contributed by atoms with E-state index in [9.17, 15) is 24.8 Å². The highest BCUT2D eigenvalue weighted by molar-refractivity contribution is 6.11. The molecule has 2 aliphatic heterocycles. The van der Waals surface area contributed by atoms with Crippen molar-refractivity contribution in [3.63, 3.8) is 0 Å². The zero-order valence-corrected chi connectivity index (χ0v) is 13.5. The molecule has 3 rings (SSSR count). The first-order valence-electron chi connectivity index (χ1n) is 7.52. The van der Waals surface area contributed by atoms with Gasteiger partial charge in [0.15, 0.2) is 0 Å². The van der Waals surface area contributed by atoms with Crippen LogP contribution in [0.2, 0.25) is 0 Å². The van der Waals surface area contributed by atoms with Crippen LogP contribution in [0, 0.1) is 17.2 Å². The number of fused-ring (bicyclic) bond motifs is 1. The molecule has 1 fully saturated rings. The van der Waals surface area contributed by atoms with Crippen molar-refractivity contribution < 1.29 is 24.2 Å². The number of nitriles is 1. The van der Waals surface area contributed by atoms with Crippen molar-refractivity contribution in [2.24, 2.45) is 5.92 Å². The van der Waals surface area contributed by atoms with Crippen molar-refractivity contribution >= 4 is 17.7 Å². The second-order valence-corrected chi connectivity index (χ2v) is 5.81. The molecule has 25 heavy (non-hydrogen) atoms. The predicted octanol–water partition coefficient (Wildman–Crippen LogP) is 0.575. The zero-order valence-electron chi connectivity index (χ0n) is 13.5. The lowest BCUT2D eigenvalue weighted by molar-refractivity contribution is -0.141. The van der Waals surface area contributed by atoms with E-state index in [0.717, 1.165) is 4.90 Å². The molecule has 0 spiro atoms.